The van der Waals surface area contributed by atoms with Crippen molar-refractivity contribution in [2.75, 3.05) is 0 Å². The van der Waals surface area contributed by atoms with Crippen LogP contribution in [-0.4, -0.2) is 5.43 Å². The molecule has 0 spiro atoms. The van der Waals surface area contributed by atoms with Gasteiger partial charge in [-0.2, -0.15) is 0 Å². The average Bonchev–Trinajstić information content (AvgIpc) is 3.13. The molecule has 0 fully saturated rings. The molecule has 0 amide bonds. The van der Waals surface area contributed by atoms with Crippen molar-refractivity contribution < 1.29 is 20.4 Å². The Balaban J connectivity index is 0.00000264. The summed E-state index contributed by atoms with van der Waals surface area (Å²) in [5, 5.41) is 0. The van der Waals surface area contributed by atoms with Gasteiger partial charge in [-0.25, -0.2) is 0 Å². The predicted octanol–water partition coefficient (Wildman–Crippen LogP) is 7.51. The number of allylic oxidation sites excluding steroid dienone is 8. The van der Waals surface area contributed by atoms with Gasteiger partial charge in [0.25, 0.3) is 0 Å². The average molecular weight is 465 g/mol. The maximum Gasteiger partial charge on any atom is -0.147 e. The normalized spacial score (nSPS) is 15.7. The molecule has 0 heterocycles. The smallest absolute Gasteiger partial charge is 0.147 e. The zero-order valence-corrected chi connectivity index (χ0v) is 20.9. The Labute approximate surface area is 170 Å². The van der Waals surface area contributed by atoms with Crippen LogP contribution in [0, 0.1) is 0 Å². The quantitative estimate of drug-likeness (QED) is 0.326. The van der Waals surface area contributed by atoms with Gasteiger partial charge in [0.15, 0.2) is 0 Å². The van der Waals surface area contributed by atoms with Crippen LogP contribution in [0.4, 0.5) is 0 Å². The molecule has 0 aliphatic heterocycles. The van der Waals surface area contributed by atoms with E-state index in [1.165, 1.54) is 51.4 Å². The molecule has 4 heteroatoms. The van der Waals surface area contributed by atoms with E-state index in [2.05, 4.69) is 51.2 Å². The largest absolute Gasteiger partial charge is 0.147 e. The van der Waals surface area contributed by atoms with E-state index in [0.717, 1.165) is 0 Å². The van der Waals surface area contributed by atoms with E-state index >= 15 is 0 Å². The predicted molar refractivity (Wildman–Crippen MR) is 113 cm³/mol. The van der Waals surface area contributed by atoms with E-state index in [1.54, 1.807) is 11.1 Å². The maximum atomic E-state index is 2.63. The fourth-order valence-corrected chi connectivity index (χ4v) is 20.4. The van der Waals surface area contributed by atoms with Gasteiger partial charge in [-0.05, 0) is 0 Å². The van der Waals surface area contributed by atoms with Crippen molar-refractivity contribution >= 4 is 30.2 Å². The maximum absolute atomic E-state index is 2.63. The molecule has 0 aromatic rings. The molecule has 0 saturated carbocycles. The van der Waals surface area contributed by atoms with Crippen molar-refractivity contribution in [1.29, 1.82) is 0 Å². The van der Waals surface area contributed by atoms with Crippen LogP contribution in [0.1, 0.15) is 65.2 Å². The van der Waals surface area contributed by atoms with E-state index in [0.29, 0.717) is 0 Å². The van der Waals surface area contributed by atoms with Crippen molar-refractivity contribution in [1.82, 2.24) is 0 Å². The van der Waals surface area contributed by atoms with Crippen LogP contribution in [0.3, 0.4) is 0 Å². The Morgan fingerprint density at radius 3 is 1.58 bits per heavy atom. The second-order valence-electron chi connectivity index (χ2n) is 6.89. The summed E-state index contributed by atoms with van der Waals surface area (Å²) in [6, 6.07) is 0. The molecule has 0 radical (unpaired) electrons. The third-order valence-corrected chi connectivity index (χ3v) is 21.7. The summed E-state index contributed by atoms with van der Waals surface area (Å²) in [6.07, 6.45) is 20.9. The number of halogens is 2. The standard InChI is InChI=1S/2C9H13.C2H6Si.2ClH.Zr/c2*1-2-3-6-9-7-4-5-8-9;1-3-2;;;/h2*7-8H,2-4,6H2,1H3;1-2H3;2*1H;. The first-order valence-electron chi connectivity index (χ1n) is 9.13. The first kappa shape index (κ1) is 24.6. The first-order valence-corrected chi connectivity index (χ1v) is 17.8. The third-order valence-electron chi connectivity index (χ3n) is 4.67. The molecule has 136 valence electrons. The Bertz CT molecular complexity index is 520. The molecular formula is C20H34Cl2SiZr. The van der Waals surface area contributed by atoms with Crippen LogP contribution < -0.4 is 0 Å². The molecule has 0 unspecified atom stereocenters. The summed E-state index contributed by atoms with van der Waals surface area (Å²) in [4.78, 5) is 0. The minimum Gasteiger partial charge on any atom is -0.147 e. The molecular weight excluding hydrogens is 430 g/mol. The molecule has 2 aliphatic rings. The van der Waals surface area contributed by atoms with Crippen LogP contribution >= 0.6 is 24.8 Å². The molecule has 2 aliphatic carbocycles. The summed E-state index contributed by atoms with van der Waals surface area (Å²) < 4.78 is 3.81. The number of unbranched alkanes of at least 4 members (excludes halogenated alkanes) is 2. The minimum absolute atomic E-state index is 0. The van der Waals surface area contributed by atoms with Crippen molar-refractivity contribution in [3.63, 3.8) is 0 Å². The summed E-state index contributed by atoms with van der Waals surface area (Å²) in [5.74, 6) is 0. The van der Waals surface area contributed by atoms with E-state index in [9.17, 15) is 0 Å². The van der Waals surface area contributed by atoms with Crippen LogP contribution in [0.2, 0.25) is 13.1 Å². The van der Waals surface area contributed by atoms with Crippen LogP contribution in [0.15, 0.2) is 42.0 Å². The van der Waals surface area contributed by atoms with Crippen LogP contribution in [0.5, 0.6) is 0 Å². The molecule has 2 rings (SSSR count). The molecule has 0 aromatic heterocycles. The van der Waals surface area contributed by atoms with Crippen LogP contribution in [-0.2, 0) is 20.4 Å². The Kier molecular flexibility index (Phi) is 13.3. The monoisotopic (exact) mass is 462 g/mol. The van der Waals surface area contributed by atoms with Crippen molar-refractivity contribution in [3.05, 3.63) is 42.0 Å². The van der Waals surface area contributed by atoms with Gasteiger partial charge in [0.2, 0.25) is 0 Å². The Morgan fingerprint density at radius 2 is 1.25 bits per heavy atom. The SMILES string of the molecule is CCCCC1=CC[C]([Zr]([C]2=CC(CCCC)=CC2)=[Si](C)C)=C1.Cl.Cl. The van der Waals surface area contributed by atoms with Gasteiger partial charge >= 0.3 is 146 Å². The number of hydrogen-bond donors (Lipinski definition) is 0. The van der Waals surface area contributed by atoms with E-state index < -0.39 is 20.4 Å². The van der Waals surface area contributed by atoms with Crippen molar-refractivity contribution in [3.8, 4) is 0 Å². The molecule has 0 aromatic carbocycles. The molecule has 0 bridgehead atoms. The van der Waals surface area contributed by atoms with E-state index in [1.807, 2.05) is 6.56 Å². The van der Waals surface area contributed by atoms with Gasteiger partial charge in [0.05, 0.1) is 0 Å². The molecule has 24 heavy (non-hydrogen) atoms. The van der Waals surface area contributed by atoms with Gasteiger partial charge in [-0.15, -0.1) is 24.8 Å². The van der Waals surface area contributed by atoms with Crippen molar-refractivity contribution in [2.24, 2.45) is 0 Å². The summed E-state index contributed by atoms with van der Waals surface area (Å²) >= 11 is -1.50. The van der Waals surface area contributed by atoms with Gasteiger partial charge < -0.3 is 0 Å². The second-order valence-corrected chi connectivity index (χ2v) is 24.2. The van der Waals surface area contributed by atoms with E-state index in [4.69, 9.17) is 0 Å². The summed E-state index contributed by atoms with van der Waals surface area (Å²) in [6.45, 7) is 9.76. The topological polar surface area (TPSA) is 0 Å². The number of rotatable bonds is 8. The second kappa shape index (κ2) is 12.9. The Hall–Kier alpha value is 0.640. The van der Waals surface area contributed by atoms with Crippen molar-refractivity contribution in [2.45, 2.75) is 78.3 Å². The molecule has 0 atom stereocenters. The molecule has 0 N–H and O–H groups in total. The first-order chi connectivity index (χ1) is 10.7. The van der Waals surface area contributed by atoms with Gasteiger partial charge in [-0.1, -0.05) is 0 Å². The van der Waals surface area contributed by atoms with E-state index in [-0.39, 0.29) is 30.2 Å². The van der Waals surface area contributed by atoms with Gasteiger partial charge in [0.1, 0.15) is 0 Å². The third kappa shape index (κ3) is 7.10. The summed E-state index contributed by atoms with van der Waals surface area (Å²) in [7, 11) is 0. The zero-order valence-electron chi connectivity index (χ0n) is 15.8. The molecule has 0 saturated heterocycles. The fourth-order valence-electron chi connectivity index (χ4n) is 3.47. The van der Waals surface area contributed by atoms with Crippen LogP contribution in [0.25, 0.3) is 0 Å². The fraction of sp³-hybridized carbons (Fsp3) is 0.600. The van der Waals surface area contributed by atoms with Gasteiger partial charge in [-0.3, -0.25) is 0 Å². The summed E-state index contributed by atoms with van der Waals surface area (Å²) in [5.41, 5.74) is 3.17. The molecule has 0 nitrogen and oxygen atoms in total. The zero-order chi connectivity index (χ0) is 15.9. The van der Waals surface area contributed by atoms with Gasteiger partial charge in [0, 0.05) is 0 Å². The minimum atomic E-state index is -1.50. The number of hydrogen-bond acceptors (Lipinski definition) is 0. The Morgan fingerprint density at radius 1 is 0.833 bits per heavy atom.